The molecule has 22 heavy (non-hydrogen) atoms. The summed E-state index contributed by atoms with van der Waals surface area (Å²) in [5, 5.41) is 9.74. The second kappa shape index (κ2) is 6.29. The van der Waals surface area contributed by atoms with Crippen LogP contribution in [0, 0.1) is 23.6 Å². The summed E-state index contributed by atoms with van der Waals surface area (Å²) >= 11 is 0. The van der Waals surface area contributed by atoms with Crippen LogP contribution >= 0.6 is 0 Å². The minimum Gasteiger partial charge on any atom is -0.322 e. The fourth-order valence-electron chi connectivity index (χ4n) is 2.90. The zero-order valence-electron chi connectivity index (χ0n) is 12.2. The lowest BCUT2D eigenvalue weighted by atomic mass is 10.0. The van der Waals surface area contributed by atoms with Gasteiger partial charge in [0, 0.05) is 17.5 Å². The molecule has 0 bridgehead atoms. The van der Waals surface area contributed by atoms with Crippen LogP contribution < -0.4 is 5.56 Å². The van der Waals surface area contributed by atoms with E-state index in [2.05, 4.69) is 16.3 Å². The number of piperidine rings is 1. The van der Waals surface area contributed by atoms with Crippen LogP contribution in [-0.2, 0) is 6.42 Å². The zero-order valence-corrected chi connectivity index (χ0v) is 12.2. The third-order valence-corrected chi connectivity index (χ3v) is 4.12. The number of hydrogen-bond donors (Lipinski definition) is 1. The summed E-state index contributed by atoms with van der Waals surface area (Å²) in [5.74, 6) is -0.517. The van der Waals surface area contributed by atoms with Crippen LogP contribution in [-0.4, -0.2) is 29.5 Å². The van der Waals surface area contributed by atoms with Crippen LogP contribution in [0.15, 0.2) is 23.0 Å². The molecule has 0 unspecified atom stereocenters. The van der Waals surface area contributed by atoms with Gasteiger partial charge in [-0.1, -0.05) is 0 Å². The van der Waals surface area contributed by atoms with Gasteiger partial charge in [0.1, 0.15) is 5.82 Å². The molecule has 1 saturated heterocycles. The van der Waals surface area contributed by atoms with Crippen molar-refractivity contribution in [1.29, 1.82) is 5.26 Å². The molecule has 3 rings (SSSR count). The number of H-pyrrole nitrogens is 1. The van der Waals surface area contributed by atoms with Crippen molar-refractivity contribution in [2.75, 3.05) is 19.6 Å². The molecule has 1 fully saturated rings. The number of aromatic nitrogens is 1. The summed E-state index contributed by atoms with van der Waals surface area (Å²) in [6.07, 6.45) is 5.10. The molecule has 2 aromatic rings. The van der Waals surface area contributed by atoms with Gasteiger partial charge in [0.15, 0.2) is 0 Å². The number of nitriles is 1. The van der Waals surface area contributed by atoms with E-state index < -0.39 is 5.82 Å². The third-order valence-electron chi connectivity index (χ3n) is 4.12. The Bertz CT molecular complexity index is 785. The molecule has 1 aromatic heterocycles. The first-order chi connectivity index (χ1) is 10.7. The van der Waals surface area contributed by atoms with Crippen molar-refractivity contribution in [2.45, 2.75) is 19.3 Å². The van der Waals surface area contributed by atoms with Crippen molar-refractivity contribution >= 4 is 10.9 Å². The molecule has 0 aliphatic carbocycles. The van der Waals surface area contributed by atoms with E-state index in [1.165, 1.54) is 12.1 Å². The first-order valence-electron chi connectivity index (χ1n) is 7.47. The second-order valence-corrected chi connectivity index (χ2v) is 5.61. The number of hydrogen-bond acceptors (Lipinski definition) is 3. The Morgan fingerprint density at radius 2 is 2.05 bits per heavy atom. The predicted octanol–water partition coefficient (Wildman–Crippen LogP) is 2.38. The Hall–Kier alpha value is -2.19. The van der Waals surface area contributed by atoms with Gasteiger partial charge >= 0.3 is 0 Å². The molecule has 0 amide bonds. The van der Waals surface area contributed by atoms with Gasteiger partial charge in [0.05, 0.1) is 17.1 Å². The average Bonchev–Trinajstić information content (AvgIpc) is 2.53. The molecule has 1 aromatic carbocycles. The summed E-state index contributed by atoms with van der Waals surface area (Å²) in [6, 6.07) is 6.16. The molecule has 4 nitrogen and oxygen atoms in total. The fraction of sp³-hybridized carbons (Fsp3) is 0.353. The number of pyridine rings is 1. The van der Waals surface area contributed by atoms with Gasteiger partial charge in [0.2, 0.25) is 0 Å². The molecule has 113 valence electrons. The molecule has 2 heterocycles. The number of halogens is 1. The standard InChI is InChI=1S/C17H17FN3O/c18-14-8-13(11-19)15-9-12(17(22)20-16(15)10-14)4-7-21-5-2-1-3-6-21/h1,8-10H,2-7H2,(H,20,22). The van der Waals surface area contributed by atoms with Crippen molar-refractivity contribution in [1.82, 2.24) is 9.88 Å². The van der Waals surface area contributed by atoms with Crippen molar-refractivity contribution in [3.8, 4) is 6.07 Å². The van der Waals surface area contributed by atoms with Gasteiger partial charge in [-0.2, -0.15) is 5.26 Å². The largest absolute Gasteiger partial charge is 0.322 e. The van der Waals surface area contributed by atoms with Gasteiger partial charge in [-0.05, 0) is 57.0 Å². The maximum absolute atomic E-state index is 13.4. The van der Waals surface area contributed by atoms with Gasteiger partial charge in [-0.3, -0.25) is 4.79 Å². The van der Waals surface area contributed by atoms with Crippen LogP contribution in [0.25, 0.3) is 10.9 Å². The van der Waals surface area contributed by atoms with Gasteiger partial charge in [-0.25, -0.2) is 4.39 Å². The molecule has 1 N–H and O–H groups in total. The Morgan fingerprint density at radius 3 is 2.77 bits per heavy atom. The minimum absolute atomic E-state index is 0.203. The van der Waals surface area contributed by atoms with E-state index >= 15 is 0 Å². The monoisotopic (exact) mass is 298 g/mol. The van der Waals surface area contributed by atoms with Crippen molar-refractivity contribution in [3.05, 3.63) is 51.9 Å². The van der Waals surface area contributed by atoms with Gasteiger partial charge < -0.3 is 9.88 Å². The lowest BCUT2D eigenvalue weighted by Gasteiger charge is -2.26. The van der Waals surface area contributed by atoms with E-state index in [1.54, 1.807) is 6.07 Å². The maximum atomic E-state index is 13.4. The van der Waals surface area contributed by atoms with E-state index in [9.17, 15) is 9.18 Å². The lowest BCUT2D eigenvalue weighted by Crippen LogP contribution is -2.32. The van der Waals surface area contributed by atoms with E-state index in [4.69, 9.17) is 5.26 Å². The molecule has 1 radical (unpaired) electrons. The molecule has 0 saturated carbocycles. The highest BCUT2D eigenvalue weighted by Gasteiger charge is 2.12. The van der Waals surface area contributed by atoms with Crippen LogP contribution in [0.4, 0.5) is 4.39 Å². The highest BCUT2D eigenvalue weighted by atomic mass is 19.1. The van der Waals surface area contributed by atoms with Crippen molar-refractivity contribution < 1.29 is 4.39 Å². The Morgan fingerprint density at radius 1 is 1.27 bits per heavy atom. The number of fused-ring (bicyclic) bond motifs is 1. The predicted molar refractivity (Wildman–Crippen MR) is 82.9 cm³/mol. The van der Waals surface area contributed by atoms with Gasteiger partial charge in [-0.15, -0.1) is 0 Å². The van der Waals surface area contributed by atoms with Gasteiger partial charge in [0.25, 0.3) is 5.56 Å². The highest BCUT2D eigenvalue weighted by molar-refractivity contribution is 5.85. The smallest absolute Gasteiger partial charge is 0.251 e. The topological polar surface area (TPSA) is 59.9 Å². The van der Waals surface area contributed by atoms with E-state index in [-0.39, 0.29) is 11.1 Å². The Balaban J connectivity index is 1.89. The quantitative estimate of drug-likeness (QED) is 0.946. The van der Waals surface area contributed by atoms with E-state index in [1.807, 2.05) is 6.07 Å². The van der Waals surface area contributed by atoms with Crippen LogP contribution in [0.5, 0.6) is 0 Å². The summed E-state index contributed by atoms with van der Waals surface area (Å²) in [6.45, 7) is 2.88. The molecule has 0 atom stereocenters. The Kier molecular flexibility index (Phi) is 4.21. The number of rotatable bonds is 3. The fourth-order valence-corrected chi connectivity index (χ4v) is 2.90. The number of benzene rings is 1. The highest BCUT2D eigenvalue weighted by Crippen LogP contribution is 2.18. The maximum Gasteiger partial charge on any atom is 0.251 e. The van der Waals surface area contributed by atoms with E-state index in [0.717, 1.165) is 32.5 Å². The summed E-state index contributed by atoms with van der Waals surface area (Å²) in [5.41, 5.74) is 1.06. The average molecular weight is 298 g/mol. The molecular formula is C17H17FN3O. The van der Waals surface area contributed by atoms with E-state index in [0.29, 0.717) is 22.9 Å². The molecule has 1 aliphatic rings. The minimum atomic E-state index is -0.517. The summed E-state index contributed by atoms with van der Waals surface area (Å²) in [7, 11) is 0. The SMILES string of the molecule is N#Cc1cc(F)cc2[nH]c(=O)c(CCN3CC[CH]CC3)cc12. The van der Waals surface area contributed by atoms with Crippen LogP contribution in [0.1, 0.15) is 24.0 Å². The second-order valence-electron chi connectivity index (χ2n) is 5.61. The first kappa shape index (κ1) is 14.7. The molecular weight excluding hydrogens is 281 g/mol. The molecule has 5 heteroatoms. The first-order valence-corrected chi connectivity index (χ1v) is 7.47. The van der Waals surface area contributed by atoms with Crippen molar-refractivity contribution in [3.63, 3.8) is 0 Å². The number of likely N-dealkylation sites (tertiary alicyclic amines) is 1. The van der Waals surface area contributed by atoms with Crippen LogP contribution in [0.3, 0.4) is 0 Å². The molecule has 0 spiro atoms. The number of nitrogens with one attached hydrogen (secondary N) is 1. The number of nitrogens with zero attached hydrogens (tertiary/aromatic N) is 2. The number of aromatic amines is 1. The van der Waals surface area contributed by atoms with Crippen molar-refractivity contribution in [2.24, 2.45) is 0 Å². The third kappa shape index (κ3) is 3.02. The zero-order chi connectivity index (χ0) is 15.5. The summed E-state index contributed by atoms with van der Waals surface area (Å²) in [4.78, 5) is 17.2. The summed E-state index contributed by atoms with van der Waals surface area (Å²) < 4.78 is 13.4. The normalized spacial score (nSPS) is 15.8. The molecule has 1 aliphatic heterocycles. The lowest BCUT2D eigenvalue weighted by molar-refractivity contribution is 0.257. The Labute approximate surface area is 128 Å². The van der Waals surface area contributed by atoms with Crippen LogP contribution in [0.2, 0.25) is 0 Å².